The maximum atomic E-state index is 12.8. The normalized spacial score (nSPS) is 13.0. The van der Waals surface area contributed by atoms with Crippen molar-refractivity contribution >= 4 is 46.2 Å². The number of anilines is 2. The Hall–Kier alpha value is -4.51. The zero-order valence-electron chi connectivity index (χ0n) is 21.0. The topological polar surface area (TPSA) is 117 Å². The van der Waals surface area contributed by atoms with Crippen LogP contribution in [0.1, 0.15) is 26.3 Å². The van der Waals surface area contributed by atoms with Crippen molar-refractivity contribution in [2.75, 3.05) is 43.5 Å². The van der Waals surface area contributed by atoms with Crippen LogP contribution in [0.25, 0.3) is 0 Å². The molecule has 0 spiro atoms. The number of carbonyl (C=O) groups is 2. The molecule has 11 heteroatoms. The monoisotopic (exact) mass is 533 g/mol. The summed E-state index contributed by atoms with van der Waals surface area (Å²) in [5, 5.41) is 16.8. The first-order valence-electron chi connectivity index (χ1n) is 11.9. The van der Waals surface area contributed by atoms with Crippen molar-refractivity contribution < 1.29 is 19.2 Å². The summed E-state index contributed by atoms with van der Waals surface area (Å²) in [5.41, 5.74) is 2.66. The Morgan fingerprint density at radius 1 is 0.974 bits per heavy atom. The van der Waals surface area contributed by atoms with E-state index in [4.69, 9.17) is 17.0 Å². The van der Waals surface area contributed by atoms with E-state index in [1.165, 1.54) is 25.1 Å². The van der Waals surface area contributed by atoms with Crippen LogP contribution in [0.5, 0.6) is 5.75 Å². The number of hydrogen-bond acceptors (Lipinski definition) is 7. The van der Waals surface area contributed by atoms with Gasteiger partial charge in [-0.15, -0.1) is 0 Å². The molecule has 1 aliphatic rings. The maximum absolute atomic E-state index is 12.8. The summed E-state index contributed by atoms with van der Waals surface area (Å²) in [6.45, 7) is 4.14. The average molecular weight is 534 g/mol. The first kappa shape index (κ1) is 26.6. The highest BCUT2D eigenvalue weighted by Crippen LogP contribution is 2.22. The lowest BCUT2D eigenvalue weighted by atomic mass is 10.1. The minimum atomic E-state index is -0.526. The Bertz CT molecular complexity index is 1350. The van der Waals surface area contributed by atoms with E-state index in [0.717, 1.165) is 5.69 Å². The van der Waals surface area contributed by atoms with Crippen LogP contribution in [0, 0.1) is 17.0 Å². The van der Waals surface area contributed by atoms with E-state index in [2.05, 4.69) is 15.5 Å². The number of benzene rings is 3. The van der Waals surface area contributed by atoms with E-state index in [1.54, 1.807) is 31.4 Å². The summed E-state index contributed by atoms with van der Waals surface area (Å²) in [6.07, 6.45) is 0. The van der Waals surface area contributed by atoms with Gasteiger partial charge in [-0.05, 0) is 73.7 Å². The second kappa shape index (κ2) is 11.7. The molecule has 0 saturated carbocycles. The van der Waals surface area contributed by atoms with Gasteiger partial charge in [0.1, 0.15) is 5.75 Å². The highest BCUT2D eigenvalue weighted by Gasteiger charge is 2.23. The van der Waals surface area contributed by atoms with Gasteiger partial charge in [-0.3, -0.25) is 25.0 Å². The number of rotatable bonds is 6. The highest BCUT2D eigenvalue weighted by molar-refractivity contribution is 7.80. The molecule has 1 saturated heterocycles. The summed E-state index contributed by atoms with van der Waals surface area (Å²) in [6, 6.07) is 19.0. The fraction of sp³-hybridized carbons (Fsp3) is 0.222. The minimum absolute atomic E-state index is 0.00251. The van der Waals surface area contributed by atoms with E-state index >= 15 is 0 Å². The average Bonchev–Trinajstić information content (AvgIpc) is 2.93. The van der Waals surface area contributed by atoms with Crippen LogP contribution in [0.15, 0.2) is 66.7 Å². The molecule has 1 heterocycles. The van der Waals surface area contributed by atoms with Gasteiger partial charge in [-0.25, -0.2) is 0 Å². The van der Waals surface area contributed by atoms with Gasteiger partial charge in [0, 0.05) is 60.3 Å². The van der Waals surface area contributed by atoms with Gasteiger partial charge >= 0.3 is 0 Å². The van der Waals surface area contributed by atoms with Crippen molar-refractivity contribution in [2.24, 2.45) is 0 Å². The molecule has 0 radical (unpaired) electrons. The number of thiocarbonyl (C=S) groups is 1. The molecule has 10 nitrogen and oxygen atoms in total. The van der Waals surface area contributed by atoms with E-state index < -0.39 is 10.8 Å². The number of piperazine rings is 1. The number of amides is 2. The Labute approximate surface area is 225 Å². The van der Waals surface area contributed by atoms with E-state index in [-0.39, 0.29) is 27.8 Å². The van der Waals surface area contributed by atoms with E-state index in [9.17, 15) is 19.7 Å². The first-order valence-corrected chi connectivity index (χ1v) is 12.3. The Morgan fingerprint density at radius 3 is 2.24 bits per heavy atom. The van der Waals surface area contributed by atoms with Crippen LogP contribution in [0.4, 0.5) is 17.1 Å². The van der Waals surface area contributed by atoms with Crippen molar-refractivity contribution in [1.29, 1.82) is 0 Å². The molecule has 2 amide bonds. The van der Waals surface area contributed by atoms with Gasteiger partial charge < -0.3 is 19.9 Å². The SMILES string of the molecule is COc1ccc(C(=O)N2CCN(c3ccc(NC(=S)NC(=O)c4cccc([N+](=O)[O-])c4C)cc3)CC2)cc1. The third-order valence-electron chi connectivity index (χ3n) is 6.37. The predicted molar refractivity (Wildman–Crippen MR) is 149 cm³/mol. The first-order chi connectivity index (χ1) is 18.3. The lowest BCUT2D eigenvalue weighted by Gasteiger charge is -2.36. The Balaban J connectivity index is 1.29. The summed E-state index contributed by atoms with van der Waals surface area (Å²) in [4.78, 5) is 40.1. The summed E-state index contributed by atoms with van der Waals surface area (Å²) in [5.74, 6) is 0.190. The number of methoxy groups -OCH3 is 1. The van der Waals surface area contributed by atoms with Gasteiger partial charge in [0.05, 0.1) is 12.0 Å². The van der Waals surface area contributed by atoms with Crippen LogP contribution in [0.2, 0.25) is 0 Å². The molecule has 0 aromatic heterocycles. The summed E-state index contributed by atoms with van der Waals surface area (Å²) >= 11 is 5.26. The van der Waals surface area contributed by atoms with Crippen molar-refractivity contribution in [2.45, 2.75) is 6.92 Å². The molecule has 0 atom stereocenters. The molecule has 3 aromatic rings. The molecule has 1 aliphatic heterocycles. The van der Waals surface area contributed by atoms with Gasteiger partial charge in [0.2, 0.25) is 0 Å². The number of nitro benzene ring substituents is 1. The Kier molecular flexibility index (Phi) is 8.17. The zero-order chi connectivity index (χ0) is 27.2. The molecule has 0 aliphatic carbocycles. The van der Waals surface area contributed by atoms with Crippen LogP contribution < -0.4 is 20.3 Å². The van der Waals surface area contributed by atoms with Crippen LogP contribution in [-0.4, -0.2) is 60.0 Å². The quantitative estimate of drug-likeness (QED) is 0.277. The van der Waals surface area contributed by atoms with Crippen molar-refractivity contribution in [3.8, 4) is 5.75 Å². The molecular formula is C27H27N5O5S. The van der Waals surface area contributed by atoms with Gasteiger partial charge in [-0.1, -0.05) is 6.07 Å². The fourth-order valence-corrected chi connectivity index (χ4v) is 4.45. The van der Waals surface area contributed by atoms with Gasteiger partial charge in [-0.2, -0.15) is 0 Å². The number of nitrogens with one attached hydrogen (secondary N) is 2. The third-order valence-corrected chi connectivity index (χ3v) is 6.57. The second-order valence-corrected chi connectivity index (χ2v) is 9.08. The molecule has 0 bridgehead atoms. The zero-order valence-corrected chi connectivity index (χ0v) is 21.8. The number of carbonyl (C=O) groups excluding carboxylic acids is 2. The van der Waals surface area contributed by atoms with E-state index in [0.29, 0.717) is 43.2 Å². The van der Waals surface area contributed by atoms with Gasteiger partial charge in [0.15, 0.2) is 5.11 Å². The van der Waals surface area contributed by atoms with Crippen molar-refractivity contribution in [3.05, 3.63) is 93.5 Å². The standard InChI is InChI=1S/C27H27N5O5S/c1-18-23(4-3-5-24(18)32(35)36)25(33)29-27(38)28-20-8-10-21(11-9-20)30-14-16-31(17-15-30)26(34)19-6-12-22(37-2)13-7-19/h3-13H,14-17H2,1-2H3,(H2,28,29,33,38). The lowest BCUT2D eigenvalue weighted by molar-refractivity contribution is -0.385. The lowest BCUT2D eigenvalue weighted by Crippen LogP contribution is -2.48. The van der Waals surface area contributed by atoms with E-state index in [1.807, 2.05) is 29.2 Å². The fourth-order valence-electron chi connectivity index (χ4n) is 4.24. The third kappa shape index (κ3) is 6.06. The smallest absolute Gasteiger partial charge is 0.273 e. The predicted octanol–water partition coefficient (Wildman–Crippen LogP) is 4.00. The Morgan fingerprint density at radius 2 is 1.63 bits per heavy atom. The summed E-state index contributed by atoms with van der Waals surface area (Å²) < 4.78 is 5.16. The van der Waals surface area contributed by atoms with Crippen molar-refractivity contribution in [3.63, 3.8) is 0 Å². The van der Waals surface area contributed by atoms with Crippen molar-refractivity contribution in [1.82, 2.24) is 10.2 Å². The molecule has 1 fully saturated rings. The minimum Gasteiger partial charge on any atom is -0.497 e. The molecular weight excluding hydrogens is 506 g/mol. The number of hydrogen-bond donors (Lipinski definition) is 2. The van der Waals surface area contributed by atoms with Crippen LogP contribution >= 0.6 is 12.2 Å². The highest BCUT2D eigenvalue weighted by atomic mass is 32.1. The molecule has 38 heavy (non-hydrogen) atoms. The summed E-state index contributed by atoms with van der Waals surface area (Å²) in [7, 11) is 1.59. The molecule has 3 aromatic carbocycles. The molecule has 4 rings (SSSR count). The molecule has 0 unspecified atom stereocenters. The number of nitrogens with zero attached hydrogens (tertiary/aromatic N) is 3. The largest absolute Gasteiger partial charge is 0.497 e. The number of nitro groups is 1. The van der Waals surface area contributed by atoms with Crippen LogP contribution in [-0.2, 0) is 0 Å². The van der Waals surface area contributed by atoms with Crippen LogP contribution in [0.3, 0.4) is 0 Å². The second-order valence-electron chi connectivity index (χ2n) is 8.67. The molecule has 2 N–H and O–H groups in total. The number of ether oxygens (including phenoxy) is 1. The molecule has 196 valence electrons. The van der Waals surface area contributed by atoms with Gasteiger partial charge in [0.25, 0.3) is 17.5 Å². The maximum Gasteiger partial charge on any atom is 0.273 e.